The van der Waals surface area contributed by atoms with E-state index in [9.17, 15) is 0 Å². The minimum atomic E-state index is 0.237. The van der Waals surface area contributed by atoms with Crippen LogP contribution in [0.25, 0.3) is 0 Å². The molecule has 2 aromatic heterocycles. The van der Waals surface area contributed by atoms with Crippen molar-refractivity contribution in [3.8, 4) is 0 Å². The molecular formula is C11H11BrClN5S. The van der Waals surface area contributed by atoms with Crippen LogP contribution in [-0.2, 0) is 13.0 Å². The van der Waals surface area contributed by atoms with Crippen molar-refractivity contribution in [1.82, 2.24) is 24.7 Å². The molecule has 5 nitrogen and oxygen atoms in total. The molecule has 8 heteroatoms. The van der Waals surface area contributed by atoms with E-state index in [-0.39, 0.29) is 5.28 Å². The predicted molar refractivity (Wildman–Crippen MR) is 76.4 cm³/mol. The summed E-state index contributed by atoms with van der Waals surface area (Å²) in [5.41, 5.74) is 0. The average Bonchev–Trinajstić information content (AvgIpc) is 2.62. The molecule has 0 spiro atoms. The fourth-order valence-electron chi connectivity index (χ4n) is 2.02. The van der Waals surface area contributed by atoms with Gasteiger partial charge in [-0.3, -0.25) is 0 Å². The summed E-state index contributed by atoms with van der Waals surface area (Å²) in [6.07, 6.45) is 6.25. The van der Waals surface area contributed by atoms with E-state index in [0.717, 1.165) is 33.4 Å². The normalized spacial score (nSPS) is 15.1. The van der Waals surface area contributed by atoms with Crippen LogP contribution in [-0.4, -0.2) is 24.7 Å². The maximum atomic E-state index is 5.83. The Kier molecular flexibility index (Phi) is 4.04. The predicted octanol–water partition coefficient (Wildman–Crippen LogP) is 3.36. The molecule has 3 heterocycles. The Bertz CT molecular complexity index is 603. The SMILES string of the molecule is Clc1ncc(Br)c(Sc2nnc3n2CCCCC3)n1. The van der Waals surface area contributed by atoms with Crippen LogP contribution in [0.1, 0.15) is 25.1 Å². The number of aromatic nitrogens is 5. The van der Waals surface area contributed by atoms with Crippen molar-refractivity contribution in [2.75, 3.05) is 0 Å². The first-order chi connectivity index (χ1) is 9.24. The molecule has 0 aromatic carbocycles. The Labute approximate surface area is 128 Å². The number of nitrogens with zero attached hydrogens (tertiary/aromatic N) is 5. The van der Waals surface area contributed by atoms with E-state index in [4.69, 9.17) is 11.6 Å². The van der Waals surface area contributed by atoms with Crippen molar-refractivity contribution in [3.63, 3.8) is 0 Å². The highest BCUT2D eigenvalue weighted by Crippen LogP contribution is 2.32. The van der Waals surface area contributed by atoms with Crippen LogP contribution in [0.15, 0.2) is 20.9 Å². The quantitative estimate of drug-likeness (QED) is 0.607. The lowest BCUT2D eigenvalue weighted by molar-refractivity contribution is 0.590. The summed E-state index contributed by atoms with van der Waals surface area (Å²) in [5, 5.41) is 10.4. The van der Waals surface area contributed by atoms with Gasteiger partial charge < -0.3 is 4.57 Å². The summed E-state index contributed by atoms with van der Waals surface area (Å²) in [5.74, 6) is 1.07. The molecule has 0 bridgehead atoms. The number of hydrogen-bond donors (Lipinski definition) is 0. The van der Waals surface area contributed by atoms with E-state index in [1.807, 2.05) is 0 Å². The molecular weight excluding hydrogens is 350 g/mol. The van der Waals surface area contributed by atoms with Crippen molar-refractivity contribution in [3.05, 3.63) is 21.8 Å². The topological polar surface area (TPSA) is 56.5 Å². The van der Waals surface area contributed by atoms with E-state index in [2.05, 4.69) is 40.7 Å². The van der Waals surface area contributed by atoms with Crippen LogP contribution in [0.5, 0.6) is 0 Å². The molecule has 0 saturated carbocycles. The maximum Gasteiger partial charge on any atom is 0.223 e. The largest absolute Gasteiger partial charge is 0.306 e. The van der Waals surface area contributed by atoms with Crippen LogP contribution in [0.2, 0.25) is 5.28 Å². The zero-order valence-electron chi connectivity index (χ0n) is 10.0. The fraction of sp³-hybridized carbons (Fsp3) is 0.455. The van der Waals surface area contributed by atoms with Gasteiger partial charge in [0, 0.05) is 19.2 Å². The molecule has 0 aliphatic carbocycles. The van der Waals surface area contributed by atoms with E-state index in [1.54, 1.807) is 6.20 Å². The van der Waals surface area contributed by atoms with Gasteiger partial charge in [-0.1, -0.05) is 6.42 Å². The highest BCUT2D eigenvalue weighted by molar-refractivity contribution is 9.10. The summed E-state index contributed by atoms with van der Waals surface area (Å²) >= 11 is 10.7. The number of rotatable bonds is 2. The number of halogens is 2. The van der Waals surface area contributed by atoms with Gasteiger partial charge in [0.25, 0.3) is 0 Å². The summed E-state index contributed by atoms with van der Waals surface area (Å²) in [6, 6.07) is 0. The molecule has 0 saturated heterocycles. The third-order valence-electron chi connectivity index (χ3n) is 2.95. The Morgan fingerprint density at radius 1 is 1.26 bits per heavy atom. The highest BCUT2D eigenvalue weighted by Gasteiger charge is 2.17. The lowest BCUT2D eigenvalue weighted by Crippen LogP contribution is -2.02. The standard InChI is InChI=1S/C11H11BrClN5S/c12-7-6-14-10(13)15-9(7)19-11-17-16-8-4-2-1-3-5-18(8)11/h6H,1-5H2. The van der Waals surface area contributed by atoms with Crippen LogP contribution in [0.3, 0.4) is 0 Å². The minimum Gasteiger partial charge on any atom is -0.306 e. The molecule has 0 amide bonds. The molecule has 3 rings (SSSR count). The van der Waals surface area contributed by atoms with Crippen molar-refractivity contribution in [1.29, 1.82) is 0 Å². The van der Waals surface area contributed by atoms with Gasteiger partial charge in [-0.2, -0.15) is 0 Å². The zero-order valence-corrected chi connectivity index (χ0v) is 13.2. The Balaban J connectivity index is 1.91. The molecule has 2 aromatic rings. The van der Waals surface area contributed by atoms with E-state index in [0.29, 0.717) is 0 Å². The number of aryl methyl sites for hydroxylation is 1. The van der Waals surface area contributed by atoms with Crippen LogP contribution in [0, 0.1) is 0 Å². The Hall–Kier alpha value is -0.660. The van der Waals surface area contributed by atoms with Gasteiger partial charge in [0.05, 0.1) is 4.47 Å². The third kappa shape index (κ3) is 2.93. The molecule has 0 fully saturated rings. The second-order valence-electron chi connectivity index (χ2n) is 4.26. The van der Waals surface area contributed by atoms with Crippen molar-refractivity contribution in [2.24, 2.45) is 0 Å². The molecule has 0 unspecified atom stereocenters. The second kappa shape index (κ2) is 5.76. The first-order valence-corrected chi connectivity index (χ1v) is 8.01. The lowest BCUT2D eigenvalue weighted by Gasteiger charge is -2.06. The summed E-state index contributed by atoms with van der Waals surface area (Å²) in [6.45, 7) is 0.973. The van der Waals surface area contributed by atoms with Crippen molar-refractivity contribution in [2.45, 2.75) is 42.4 Å². The zero-order chi connectivity index (χ0) is 13.2. The van der Waals surface area contributed by atoms with Crippen LogP contribution >= 0.6 is 39.3 Å². The van der Waals surface area contributed by atoms with E-state index >= 15 is 0 Å². The monoisotopic (exact) mass is 359 g/mol. The molecule has 1 aliphatic rings. The van der Waals surface area contributed by atoms with E-state index in [1.165, 1.54) is 31.0 Å². The summed E-state index contributed by atoms with van der Waals surface area (Å²) in [4.78, 5) is 8.13. The third-order valence-corrected chi connectivity index (χ3v) is 4.96. The van der Waals surface area contributed by atoms with Gasteiger partial charge in [-0.15, -0.1) is 10.2 Å². The first-order valence-electron chi connectivity index (χ1n) is 6.02. The minimum absolute atomic E-state index is 0.237. The smallest absolute Gasteiger partial charge is 0.223 e. The maximum absolute atomic E-state index is 5.83. The van der Waals surface area contributed by atoms with Gasteiger partial charge in [-0.05, 0) is 52.1 Å². The highest BCUT2D eigenvalue weighted by atomic mass is 79.9. The molecule has 100 valence electrons. The number of hydrogen-bond acceptors (Lipinski definition) is 5. The van der Waals surface area contributed by atoms with Gasteiger partial charge in [0.2, 0.25) is 5.28 Å². The van der Waals surface area contributed by atoms with Gasteiger partial charge in [-0.25, -0.2) is 9.97 Å². The summed E-state index contributed by atoms with van der Waals surface area (Å²) < 4.78 is 2.99. The molecule has 0 atom stereocenters. The molecule has 19 heavy (non-hydrogen) atoms. The Morgan fingerprint density at radius 2 is 2.16 bits per heavy atom. The number of fused-ring (bicyclic) bond motifs is 1. The van der Waals surface area contributed by atoms with Crippen LogP contribution < -0.4 is 0 Å². The average molecular weight is 361 g/mol. The van der Waals surface area contributed by atoms with Gasteiger partial charge in [0.15, 0.2) is 5.16 Å². The lowest BCUT2D eigenvalue weighted by atomic mass is 10.2. The van der Waals surface area contributed by atoms with Crippen molar-refractivity contribution < 1.29 is 0 Å². The Morgan fingerprint density at radius 3 is 3.05 bits per heavy atom. The van der Waals surface area contributed by atoms with Crippen molar-refractivity contribution >= 4 is 39.3 Å². The van der Waals surface area contributed by atoms with Crippen LogP contribution in [0.4, 0.5) is 0 Å². The van der Waals surface area contributed by atoms with Gasteiger partial charge >= 0.3 is 0 Å². The molecule has 0 radical (unpaired) electrons. The second-order valence-corrected chi connectivity index (χ2v) is 6.40. The summed E-state index contributed by atoms with van der Waals surface area (Å²) in [7, 11) is 0. The first kappa shape index (κ1) is 13.3. The van der Waals surface area contributed by atoms with E-state index < -0.39 is 0 Å². The molecule has 0 N–H and O–H groups in total. The van der Waals surface area contributed by atoms with Gasteiger partial charge in [0.1, 0.15) is 10.9 Å². The fourth-order valence-corrected chi connectivity index (χ4v) is 3.48. The molecule has 1 aliphatic heterocycles.